The molecule has 6 heteroatoms. The minimum absolute atomic E-state index is 0.175. The number of rotatable bonds is 6. The van der Waals surface area contributed by atoms with Gasteiger partial charge in [-0.1, -0.05) is 18.2 Å². The first kappa shape index (κ1) is 17.7. The number of carbonyl (C=O) groups excluding carboxylic acids is 1. The summed E-state index contributed by atoms with van der Waals surface area (Å²) in [5.74, 6) is 1.87. The molecule has 0 atom stereocenters. The Hall–Kier alpha value is -3.07. The standard InChI is InChI=1S/C20H22N4O2/c21-15-17-8-9-19(22-16-17)23-10-12-24(13-11-23)20(25)7-4-14-26-18-5-2-1-3-6-18/h1-3,5-6,8-9,16H,4,7,10-14H2. The number of benzene rings is 1. The van der Waals surface area contributed by atoms with E-state index in [9.17, 15) is 4.79 Å². The van der Waals surface area contributed by atoms with E-state index >= 15 is 0 Å². The minimum atomic E-state index is 0.175. The van der Waals surface area contributed by atoms with Crippen LogP contribution in [0, 0.1) is 11.3 Å². The zero-order valence-corrected chi connectivity index (χ0v) is 14.7. The zero-order chi connectivity index (χ0) is 18.2. The zero-order valence-electron chi connectivity index (χ0n) is 14.7. The van der Waals surface area contributed by atoms with Crippen LogP contribution in [-0.4, -0.2) is 48.6 Å². The SMILES string of the molecule is N#Cc1ccc(N2CCN(C(=O)CCCOc3ccccc3)CC2)nc1. The van der Waals surface area contributed by atoms with Crippen LogP contribution in [0.5, 0.6) is 5.75 Å². The van der Waals surface area contributed by atoms with Gasteiger partial charge in [0.25, 0.3) is 0 Å². The van der Waals surface area contributed by atoms with Crippen LogP contribution in [0.3, 0.4) is 0 Å². The Bertz CT molecular complexity index is 748. The van der Waals surface area contributed by atoms with Crippen molar-refractivity contribution in [2.75, 3.05) is 37.7 Å². The van der Waals surface area contributed by atoms with Crippen LogP contribution in [0.15, 0.2) is 48.7 Å². The highest BCUT2D eigenvalue weighted by Gasteiger charge is 2.21. The van der Waals surface area contributed by atoms with Crippen LogP contribution in [-0.2, 0) is 4.79 Å². The molecule has 1 saturated heterocycles. The number of piperazine rings is 1. The fourth-order valence-corrected chi connectivity index (χ4v) is 2.91. The Kier molecular flexibility index (Phi) is 6.05. The van der Waals surface area contributed by atoms with E-state index in [0.717, 1.165) is 24.7 Å². The minimum Gasteiger partial charge on any atom is -0.494 e. The summed E-state index contributed by atoms with van der Waals surface area (Å²) in [6.45, 7) is 3.45. The molecule has 0 bridgehead atoms. The Balaban J connectivity index is 1.38. The molecule has 1 fully saturated rings. The third-order valence-corrected chi connectivity index (χ3v) is 4.38. The van der Waals surface area contributed by atoms with Gasteiger partial charge in [-0.25, -0.2) is 4.98 Å². The van der Waals surface area contributed by atoms with Crippen LogP contribution in [0.2, 0.25) is 0 Å². The highest BCUT2D eigenvalue weighted by molar-refractivity contribution is 5.76. The number of aromatic nitrogens is 1. The van der Waals surface area contributed by atoms with E-state index in [1.807, 2.05) is 41.3 Å². The number of ether oxygens (including phenoxy) is 1. The average molecular weight is 350 g/mol. The molecule has 3 rings (SSSR count). The van der Waals surface area contributed by atoms with E-state index in [0.29, 0.717) is 38.1 Å². The summed E-state index contributed by atoms with van der Waals surface area (Å²) in [5.41, 5.74) is 0.556. The summed E-state index contributed by atoms with van der Waals surface area (Å²) in [7, 11) is 0. The van der Waals surface area contributed by atoms with Crippen LogP contribution in [0.4, 0.5) is 5.82 Å². The van der Waals surface area contributed by atoms with Crippen molar-refractivity contribution >= 4 is 11.7 Å². The Morgan fingerprint density at radius 3 is 2.54 bits per heavy atom. The lowest BCUT2D eigenvalue weighted by Crippen LogP contribution is -2.49. The van der Waals surface area contributed by atoms with Gasteiger partial charge in [0.2, 0.25) is 5.91 Å². The fourth-order valence-electron chi connectivity index (χ4n) is 2.91. The maximum atomic E-state index is 12.3. The number of para-hydroxylation sites is 1. The molecular weight excluding hydrogens is 328 g/mol. The third-order valence-electron chi connectivity index (χ3n) is 4.38. The highest BCUT2D eigenvalue weighted by Crippen LogP contribution is 2.15. The predicted molar refractivity (Wildman–Crippen MR) is 98.9 cm³/mol. The van der Waals surface area contributed by atoms with E-state index in [2.05, 4.69) is 16.0 Å². The van der Waals surface area contributed by atoms with Gasteiger partial charge in [-0.2, -0.15) is 5.26 Å². The molecule has 0 N–H and O–H groups in total. The summed E-state index contributed by atoms with van der Waals surface area (Å²) in [6, 6.07) is 15.3. The Morgan fingerprint density at radius 1 is 1.12 bits per heavy atom. The number of hydrogen-bond donors (Lipinski definition) is 0. The lowest BCUT2D eigenvalue weighted by molar-refractivity contribution is -0.131. The molecule has 1 amide bonds. The molecule has 0 aliphatic carbocycles. The second-order valence-electron chi connectivity index (χ2n) is 6.15. The van der Waals surface area contributed by atoms with Gasteiger partial charge in [-0.15, -0.1) is 0 Å². The third kappa shape index (κ3) is 4.73. The summed E-state index contributed by atoms with van der Waals surface area (Å²) in [4.78, 5) is 20.7. The average Bonchev–Trinajstić information content (AvgIpc) is 2.72. The number of nitrogens with zero attached hydrogens (tertiary/aromatic N) is 4. The first-order valence-corrected chi connectivity index (χ1v) is 8.83. The van der Waals surface area contributed by atoms with Crippen LogP contribution >= 0.6 is 0 Å². The molecule has 134 valence electrons. The second kappa shape index (κ2) is 8.86. The van der Waals surface area contributed by atoms with Gasteiger partial charge in [0, 0.05) is 38.8 Å². The van der Waals surface area contributed by atoms with Gasteiger partial charge in [-0.05, 0) is 30.7 Å². The number of hydrogen-bond acceptors (Lipinski definition) is 5. The molecule has 26 heavy (non-hydrogen) atoms. The number of anilines is 1. The molecule has 1 aliphatic rings. The quantitative estimate of drug-likeness (QED) is 0.749. The van der Waals surface area contributed by atoms with Crippen LogP contribution in [0.1, 0.15) is 18.4 Å². The molecule has 6 nitrogen and oxygen atoms in total. The predicted octanol–water partition coefficient (Wildman–Crippen LogP) is 2.46. The Morgan fingerprint density at radius 2 is 1.88 bits per heavy atom. The lowest BCUT2D eigenvalue weighted by atomic mass is 10.2. The van der Waals surface area contributed by atoms with Gasteiger partial charge in [0.15, 0.2) is 0 Å². The molecular formula is C20H22N4O2. The molecule has 2 aromatic rings. The molecule has 0 spiro atoms. The smallest absolute Gasteiger partial charge is 0.222 e. The Labute approximate surface area is 153 Å². The molecule has 1 aromatic heterocycles. The fraction of sp³-hybridized carbons (Fsp3) is 0.350. The number of amides is 1. The van der Waals surface area contributed by atoms with E-state index < -0.39 is 0 Å². The van der Waals surface area contributed by atoms with Crippen molar-refractivity contribution in [3.05, 3.63) is 54.2 Å². The summed E-state index contributed by atoms with van der Waals surface area (Å²) >= 11 is 0. The van der Waals surface area contributed by atoms with Crippen LogP contribution < -0.4 is 9.64 Å². The van der Waals surface area contributed by atoms with Crippen molar-refractivity contribution in [1.29, 1.82) is 5.26 Å². The van der Waals surface area contributed by atoms with Crippen molar-refractivity contribution in [2.45, 2.75) is 12.8 Å². The van der Waals surface area contributed by atoms with Gasteiger partial charge >= 0.3 is 0 Å². The lowest BCUT2D eigenvalue weighted by Gasteiger charge is -2.35. The first-order chi connectivity index (χ1) is 12.8. The van der Waals surface area contributed by atoms with Crippen molar-refractivity contribution in [1.82, 2.24) is 9.88 Å². The number of carbonyl (C=O) groups is 1. The molecule has 1 aromatic carbocycles. The van der Waals surface area contributed by atoms with Crippen LogP contribution in [0.25, 0.3) is 0 Å². The number of pyridine rings is 1. The largest absolute Gasteiger partial charge is 0.494 e. The monoisotopic (exact) mass is 350 g/mol. The van der Waals surface area contributed by atoms with Gasteiger partial charge < -0.3 is 14.5 Å². The maximum Gasteiger partial charge on any atom is 0.222 e. The molecule has 0 unspecified atom stereocenters. The van der Waals surface area contributed by atoms with Crippen molar-refractivity contribution in [3.63, 3.8) is 0 Å². The molecule has 1 aliphatic heterocycles. The maximum absolute atomic E-state index is 12.3. The molecule has 2 heterocycles. The summed E-state index contributed by atoms with van der Waals surface area (Å²) < 4.78 is 5.63. The van der Waals surface area contributed by atoms with E-state index in [1.165, 1.54) is 0 Å². The van der Waals surface area contributed by atoms with Crippen molar-refractivity contribution < 1.29 is 9.53 Å². The van der Waals surface area contributed by atoms with Crippen molar-refractivity contribution in [3.8, 4) is 11.8 Å². The second-order valence-corrected chi connectivity index (χ2v) is 6.15. The van der Waals surface area contributed by atoms with Gasteiger partial charge in [-0.3, -0.25) is 4.79 Å². The van der Waals surface area contributed by atoms with Gasteiger partial charge in [0.05, 0.1) is 12.2 Å². The molecule has 0 radical (unpaired) electrons. The van der Waals surface area contributed by atoms with Crippen molar-refractivity contribution in [2.24, 2.45) is 0 Å². The van der Waals surface area contributed by atoms with E-state index in [-0.39, 0.29) is 5.91 Å². The normalized spacial score (nSPS) is 14.0. The molecule has 0 saturated carbocycles. The summed E-state index contributed by atoms with van der Waals surface area (Å²) in [5, 5.41) is 8.83. The van der Waals surface area contributed by atoms with E-state index in [1.54, 1.807) is 12.3 Å². The summed E-state index contributed by atoms with van der Waals surface area (Å²) in [6.07, 6.45) is 2.80. The number of nitriles is 1. The highest BCUT2D eigenvalue weighted by atomic mass is 16.5. The van der Waals surface area contributed by atoms with Gasteiger partial charge in [0.1, 0.15) is 17.6 Å². The topological polar surface area (TPSA) is 69.5 Å². The van der Waals surface area contributed by atoms with E-state index in [4.69, 9.17) is 10.00 Å². The first-order valence-electron chi connectivity index (χ1n) is 8.83.